The molecule has 1 nitrogen and oxygen atoms in total. The van der Waals surface area contributed by atoms with Crippen LogP contribution in [0.2, 0.25) is 0 Å². The highest BCUT2D eigenvalue weighted by Gasteiger charge is 2.01. The summed E-state index contributed by atoms with van der Waals surface area (Å²) >= 11 is 0. The standard InChI is InChI=1S/C18H23N/c1-13-5-7-17(8-6-13)11-19-12-18-10-15(3)14(2)9-16(18)4/h5-10,19H,11-12H2,1-4H3. The van der Waals surface area contributed by atoms with Gasteiger partial charge in [0.1, 0.15) is 0 Å². The van der Waals surface area contributed by atoms with Gasteiger partial charge in [0.05, 0.1) is 0 Å². The molecule has 0 bridgehead atoms. The second-order valence-corrected chi connectivity index (χ2v) is 5.45. The lowest BCUT2D eigenvalue weighted by atomic mass is 10.0. The summed E-state index contributed by atoms with van der Waals surface area (Å²) in [5, 5.41) is 3.52. The Hall–Kier alpha value is -1.60. The molecule has 2 aromatic rings. The van der Waals surface area contributed by atoms with Gasteiger partial charge in [-0.3, -0.25) is 0 Å². The van der Waals surface area contributed by atoms with E-state index in [1.807, 2.05) is 0 Å². The first kappa shape index (κ1) is 13.8. The molecular weight excluding hydrogens is 230 g/mol. The summed E-state index contributed by atoms with van der Waals surface area (Å²) in [6, 6.07) is 13.3. The minimum absolute atomic E-state index is 0.923. The molecule has 0 fully saturated rings. The van der Waals surface area contributed by atoms with Crippen LogP contribution in [0.1, 0.15) is 33.4 Å². The van der Waals surface area contributed by atoms with Crippen LogP contribution in [0.15, 0.2) is 36.4 Å². The molecule has 19 heavy (non-hydrogen) atoms. The Morgan fingerprint density at radius 3 is 2.05 bits per heavy atom. The molecule has 0 aliphatic heterocycles. The average Bonchev–Trinajstić information content (AvgIpc) is 2.38. The van der Waals surface area contributed by atoms with Gasteiger partial charge in [-0.15, -0.1) is 0 Å². The zero-order chi connectivity index (χ0) is 13.8. The minimum Gasteiger partial charge on any atom is -0.309 e. The second-order valence-electron chi connectivity index (χ2n) is 5.45. The quantitative estimate of drug-likeness (QED) is 0.860. The molecule has 0 aromatic heterocycles. The van der Waals surface area contributed by atoms with Crippen LogP contribution < -0.4 is 5.32 Å². The van der Waals surface area contributed by atoms with E-state index in [-0.39, 0.29) is 0 Å². The SMILES string of the molecule is Cc1ccc(CNCc2cc(C)c(C)cc2C)cc1. The summed E-state index contributed by atoms with van der Waals surface area (Å²) < 4.78 is 0. The Balaban J connectivity index is 1.96. The Morgan fingerprint density at radius 1 is 0.737 bits per heavy atom. The third-order valence-electron chi connectivity index (χ3n) is 3.72. The molecule has 2 aromatic carbocycles. The van der Waals surface area contributed by atoms with E-state index in [9.17, 15) is 0 Å². The fourth-order valence-corrected chi connectivity index (χ4v) is 2.26. The molecule has 0 radical (unpaired) electrons. The van der Waals surface area contributed by atoms with Gasteiger partial charge in [0.15, 0.2) is 0 Å². The predicted octanol–water partition coefficient (Wildman–Crippen LogP) is 4.21. The van der Waals surface area contributed by atoms with Crippen molar-refractivity contribution in [1.29, 1.82) is 0 Å². The van der Waals surface area contributed by atoms with Crippen molar-refractivity contribution in [1.82, 2.24) is 5.32 Å². The Morgan fingerprint density at radius 2 is 1.37 bits per heavy atom. The zero-order valence-electron chi connectivity index (χ0n) is 12.4. The summed E-state index contributed by atoms with van der Waals surface area (Å²) in [7, 11) is 0. The summed E-state index contributed by atoms with van der Waals surface area (Å²) in [5.74, 6) is 0. The van der Waals surface area contributed by atoms with Gasteiger partial charge in [-0.25, -0.2) is 0 Å². The van der Waals surface area contributed by atoms with Crippen LogP contribution in [-0.4, -0.2) is 0 Å². The molecule has 0 saturated carbocycles. The molecule has 0 atom stereocenters. The lowest BCUT2D eigenvalue weighted by molar-refractivity contribution is 0.690. The fraction of sp³-hybridized carbons (Fsp3) is 0.333. The van der Waals surface area contributed by atoms with Gasteiger partial charge in [0.25, 0.3) is 0 Å². The lowest BCUT2D eigenvalue weighted by Crippen LogP contribution is -2.13. The van der Waals surface area contributed by atoms with Crippen LogP contribution in [0.4, 0.5) is 0 Å². The Kier molecular flexibility index (Phi) is 4.39. The van der Waals surface area contributed by atoms with E-state index in [1.165, 1.54) is 33.4 Å². The molecule has 0 spiro atoms. The highest BCUT2D eigenvalue weighted by atomic mass is 14.8. The van der Waals surface area contributed by atoms with E-state index in [4.69, 9.17) is 0 Å². The molecule has 2 rings (SSSR count). The van der Waals surface area contributed by atoms with Crippen molar-refractivity contribution in [2.24, 2.45) is 0 Å². The summed E-state index contributed by atoms with van der Waals surface area (Å²) in [6.45, 7) is 10.5. The van der Waals surface area contributed by atoms with Gasteiger partial charge >= 0.3 is 0 Å². The Labute approximate surface area is 116 Å². The minimum atomic E-state index is 0.923. The third kappa shape index (κ3) is 3.68. The molecule has 0 aliphatic rings. The van der Waals surface area contributed by atoms with Crippen molar-refractivity contribution in [3.8, 4) is 0 Å². The van der Waals surface area contributed by atoms with E-state index in [2.05, 4.69) is 69.4 Å². The normalized spacial score (nSPS) is 10.7. The number of aryl methyl sites for hydroxylation is 4. The van der Waals surface area contributed by atoms with Crippen LogP contribution in [0.5, 0.6) is 0 Å². The molecule has 0 unspecified atom stereocenters. The topological polar surface area (TPSA) is 12.0 Å². The average molecular weight is 253 g/mol. The van der Waals surface area contributed by atoms with Crippen LogP contribution >= 0.6 is 0 Å². The maximum Gasteiger partial charge on any atom is 0.0211 e. The second kappa shape index (κ2) is 6.03. The van der Waals surface area contributed by atoms with Gasteiger partial charge < -0.3 is 5.32 Å². The predicted molar refractivity (Wildman–Crippen MR) is 82.4 cm³/mol. The van der Waals surface area contributed by atoms with Crippen molar-refractivity contribution >= 4 is 0 Å². The first-order chi connectivity index (χ1) is 9.06. The highest BCUT2D eigenvalue weighted by molar-refractivity contribution is 5.36. The van der Waals surface area contributed by atoms with E-state index < -0.39 is 0 Å². The van der Waals surface area contributed by atoms with Crippen LogP contribution in [-0.2, 0) is 13.1 Å². The van der Waals surface area contributed by atoms with E-state index in [1.54, 1.807) is 0 Å². The number of rotatable bonds is 4. The van der Waals surface area contributed by atoms with Crippen molar-refractivity contribution in [2.45, 2.75) is 40.8 Å². The lowest BCUT2D eigenvalue weighted by Gasteiger charge is -2.11. The van der Waals surface area contributed by atoms with Gasteiger partial charge in [-0.2, -0.15) is 0 Å². The number of hydrogen-bond donors (Lipinski definition) is 1. The first-order valence-corrected chi connectivity index (χ1v) is 6.89. The molecule has 0 amide bonds. The van der Waals surface area contributed by atoms with Gasteiger partial charge in [-0.1, -0.05) is 42.0 Å². The molecule has 0 aliphatic carbocycles. The highest BCUT2D eigenvalue weighted by Crippen LogP contribution is 2.15. The van der Waals surface area contributed by atoms with Crippen molar-refractivity contribution in [3.05, 3.63) is 69.8 Å². The summed E-state index contributed by atoms with van der Waals surface area (Å²) in [4.78, 5) is 0. The van der Waals surface area contributed by atoms with E-state index in [0.717, 1.165) is 13.1 Å². The van der Waals surface area contributed by atoms with Gasteiger partial charge in [0.2, 0.25) is 0 Å². The first-order valence-electron chi connectivity index (χ1n) is 6.89. The molecule has 0 saturated heterocycles. The monoisotopic (exact) mass is 253 g/mol. The maximum absolute atomic E-state index is 3.52. The van der Waals surface area contributed by atoms with Gasteiger partial charge in [0, 0.05) is 13.1 Å². The fourth-order valence-electron chi connectivity index (χ4n) is 2.26. The van der Waals surface area contributed by atoms with E-state index >= 15 is 0 Å². The van der Waals surface area contributed by atoms with Crippen molar-refractivity contribution in [2.75, 3.05) is 0 Å². The number of benzene rings is 2. The largest absolute Gasteiger partial charge is 0.309 e. The smallest absolute Gasteiger partial charge is 0.0211 e. The maximum atomic E-state index is 3.52. The Bertz CT molecular complexity index is 553. The molecular formula is C18H23N. The zero-order valence-corrected chi connectivity index (χ0v) is 12.4. The summed E-state index contributed by atoms with van der Waals surface area (Å²) in [6.07, 6.45) is 0. The third-order valence-corrected chi connectivity index (χ3v) is 3.72. The van der Waals surface area contributed by atoms with Crippen LogP contribution in [0.25, 0.3) is 0 Å². The number of hydrogen-bond acceptors (Lipinski definition) is 1. The van der Waals surface area contributed by atoms with Crippen LogP contribution in [0.3, 0.4) is 0 Å². The molecule has 1 N–H and O–H groups in total. The summed E-state index contributed by atoms with van der Waals surface area (Å²) in [5.41, 5.74) is 8.17. The molecule has 100 valence electrons. The van der Waals surface area contributed by atoms with Crippen LogP contribution in [0, 0.1) is 27.7 Å². The van der Waals surface area contributed by atoms with Gasteiger partial charge in [-0.05, 0) is 55.5 Å². The molecule has 0 heterocycles. The van der Waals surface area contributed by atoms with Crippen molar-refractivity contribution in [3.63, 3.8) is 0 Å². The van der Waals surface area contributed by atoms with Crippen molar-refractivity contribution < 1.29 is 0 Å². The van der Waals surface area contributed by atoms with E-state index in [0.29, 0.717) is 0 Å². The number of nitrogens with one attached hydrogen (secondary N) is 1. The molecule has 1 heteroatoms.